The summed E-state index contributed by atoms with van der Waals surface area (Å²) in [6.07, 6.45) is 1.92. The summed E-state index contributed by atoms with van der Waals surface area (Å²) in [5.41, 5.74) is 2.80. The van der Waals surface area contributed by atoms with Crippen LogP contribution in [0.2, 0.25) is 4.34 Å². The third kappa shape index (κ3) is 3.74. The second kappa shape index (κ2) is 6.45. The highest BCUT2D eigenvalue weighted by molar-refractivity contribution is 7.16. The zero-order valence-electron chi connectivity index (χ0n) is 9.00. The largest absolute Gasteiger partial charge is 0.380 e. The number of nitrogens with one attached hydrogen (secondary N) is 1. The quantitative estimate of drug-likeness (QED) is 0.599. The van der Waals surface area contributed by atoms with Crippen molar-refractivity contribution in [1.82, 2.24) is 5.43 Å². The molecule has 3 nitrogen and oxygen atoms in total. The van der Waals surface area contributed by atoms with Crippen molar-refractivity contribution in [1.29, 1.82) is 0 Å². The molecule has 0 radical (unpaired) electrons. The summed E-state index contributed by atoms with van der Waals surface area (Å²) in [7, 11) is 1.71. The molecule has 5 heteroatoms. The molecule has 0 saturated heterocycles. The Morgan fingerprint density at radius 2 is 2.33 bits per heavy atom. The third-order valence-electron chi connectivity index (χ3n) is 2.42. The number of hydrazine groups is 1. The van der Waals surface area contributed by atoms with Gasteiger partial charge < -0.3 is 4.74 Å². The zero-order valence-corrected chi connectivity index (χ0v) is 10.6. The van der Waals surface area contributed by atoms with Crippen molar-refractivity contribution in [3.05, 3.63) is 21.3 Å². The first-order valence-corrected chi connectivity index (χ1v) is 6.13. The van der Waals surface area contributed by atoms with Gasteiger partial charge in [0, 0.05) is 18.4 Å². The van der Waals surface area contributed by atoms with Crippen LogP contribution in [-0.4, -0.2) is 19.3 Å². The molecule has 0 amide bonds. The average Bonchev–Trinajstić information content (AvgIpc) is 2.64. The lowest BCUT2D eigenvalue weighted by molar-refractivity contribution is 0.0656. The van der Waals surface area contributed by atoms with Crippen molar-refractivity contribution in [2.45, 2.75) is 31.9 Å². The summed E-state index contributed by atoms with van der Waals surface area (Å²) in [5.74, 6) is 5.52. The summed E-state index contributed by atoms with van der Waals surface area (Å²) < 4.78 is 6.17. The number of methoxy groups -OCH3 is 1. The number of nitrogens with two attached hydrogens (primary N) is 1. The zero-order chi connectivity index (χ0) is 11.3. The lowest BCUT2D eigenvalue weighted by Gasteiger charge is -2.23. The lowest BCUT2D eigenvalue weighted by atomic mass is 10.1. The molecule has 1 aromatic rings. The van der Waals surface area contributed by atoms with Crippen molar-refractivity contribution in [2.75, 3.05) is 7.11 Å². The SMILES string of the molecule is CCC(OC)C(Cc1ccc(Cl)s1)NN. The minimum absolute atomic E-state index is 0.134. The summed E-state index contributed by atoms with van der Waals surface area (Å²) >= 11 is 7.45. The molecule has 0 aliphatic rings. The number of thiophene rings is 1. The van der Waals surface area contributed by atoms with E-state index >= 15 is 0 Å². The molecule has 0 spiro atoms. The molecule has 3 N–H and O–H groups in total. The number of ether oxygens (including phenoxy) is 1. The number of halogens is 1. The van der Waals surface area contributed by atoms with Gasteiger partial charge in [-0.25, -0.2) is 0 Å². The molecule has 2 atom stereocenters. The van der Waals surface area contributed by atoms with E-state index in [-0.39, 0.29) is 12.1 Å². The fraction of sp³-hybridized carbons (Fsp3) is 0.600. The maximum atomic E-state index is 5.87. The normalized spacial score (nSPS) is 15.2. The molecule has 2 unspecified atom stereocenters. The van der Waals surface area contributed by atoms with Crippen molar-refractivity contribution >= 4 is 22.9 Å². The molecule has 0 aliphatic heterocycles. The van der Waals surface area contributed by atoms with Gasteiger partial charge >= 0.3 is 0 Å². The van der Waals surface area contributed by atoms with Crippen LogP contribution in [0.4, 0.5) is 0 Å². The Morgan fingerprint density at radius 1 is 1.60 bits per heavy atom. The average molecular weight is 249 g/mol. The second-order valence-corrected chi connectivity index (χ2v) is 5.17. The van der Waals surface area contributed by atoms with E-state index in [1.807, 2.05) is 12.1 Å². The van der Waals surface area contributed by atoms with Crippen LogP contribution in [0.1, 0.15) is 18.2 Å². The van der Waals surface area contributed by atoms with Gasteiger partial charge in [0.25, 0.3) is 0 Å². The standard InChI is InChI=1S/C10H17ClN2OS/c1-3-9(14-2)8(13-12)6-7-4-5-10(11)15-7/h4-5,8-9,13H,3,6,12H2,1-2H3. The Hall–Kier alpha value is -0.130. The van der Waals surface area contributed by atoms with Crippen LogP contribution in [-0.2, 0) is 11.2 Å². The van der Waals surface area contributed by atoms with E-state index in [0.717, 1.165) is 17.2 Å². The van der Waals surface area contributed by atoms with Crippen LogP contribution in [0.15, 0.2) is 12.1 Å². The van der Waals surface area contributed by atoms with Crippen molar-refractivity contribution in [2.24, 2.45) is 5.84 Å². The van der Waals surface area contributed by atoms with E-state index in [9.17, 15) is 0 Å². The van der Waals surface area contributed by atoms with E-state index in [1.165, 1.54) is 4.88 Å². The van der Waals surface area contributed by atoms with E-state index in [1.54, 1.807) is 18.4 Å². The molecule has 0 aliphatic carbocycles. The van der Waals surface area contributed by atoms with Crippen LogP contribution >= 0.6 is 22.9 Å². The first-order valence-electron chi connectivity index (χ1n) is 4.94. The first-order chi connectivity index (χ1) is 7.21. The molecular formula is C10H17ClN2OS. The molecular weight excluding hydrogens is 232 g/mol. The molecule has 0 bridgehead atoms. The van der Waals surface area contributed by atoms with Gasteiger partial charge in [-0.1, -0.05) is 18.5 Å². The van der Waals surface area contributed by atoms with Crippen molar-refractivity contribution in [3.63, 3.8) is 0 Å². The van der Waals surface area contributed by atoms with Gasteiger partial charge in [0.15, 0.2) is 0 Å². The summed E-state index contributed by atoms with van der Waals surface area (Å²) in [6, 6.07) is 4.07. The van der Waals surface area contributed by atoms with E-state index in [0.29, 0.717) is 0 Å². The summed E-state index contributed by atoms with van der Waals surface area (Å²) in [4.78, 5) is 1.22. The molecule has 15 heavy (non-hydrogen) atoms. The number of rotatable bonds is 6. The van der Waals surface area contributed by atoms with Gasteiger partial charge in [0.2, 0.25) is 0 Å². The highest BCUT2D eigenvalue weighted by atomic mass is 35.5. The Bertz CT molecular complexity index is 289. The minimum Gasteiger partial charge on any atom is -0.380 e. The van der Waals surface area contributed by atoms with Gasteiger partial charge in [0.05, 0.1) is 16.5 Å². The van der Waals surface area contributed by atoms with E-state index in [2.05, 4.69) is 12.3 Å². The topological polar surface area (TPSA) is 47.3 Å². The number of hydrogen-bond acceptors (Lipinski definition) is 4. The van der Waals surface area contributed by atoms with Gasteiger partial charge in [-0.05, 0) is 18.6 Å². The fourth-order valence-corrected chi connectivity index (χ4v) is 2.74. The predicted octanol–water partition coefficient (Wildman–Crippen LogP) is 2.20. The molecule has 1 rings (SSSR count). The van der Waals surface area contributed by atoms with Crippen LogP contribution < -0.4 is 11.3 Å². The van der Waals surface area contributed by atoms with Crippen molar-refractivity contribution < 1.29 is 4.74 Å². The summed E-state index contributed by atoms with van der Waals surface area (Å²) in [6.45, 7) is 2.08. The van der Waals surface area contributed by atoms with Crippen LogP contribution in [0, 0.1) is 0 Å². The monoisotopic (exact) mass is 248 g/mol. The Morgan fingerprint density at radius 3 is 2.73 bits per heavy atom. The van der Waals surface area contributed by atoms with E-state index < -0.39 is 0 Å². The maximum absolute atomic E-state index is 5.87. The van der Waals surface area contributed by atoms with Gasteiger partial charge in [-0.2, -0.15) is 0 Å². The van der Waals surface area contributed by atoms with Gasteiger partial charge in [0.1, 0.15) is 0 Å². The summed E-state index contributed by atoms with van der Waals surface area (Å²) in [5, 5.41) is 0. The Balaban J connectivity index is 2.60. The molecule has 0 aromatic carbocycles. The molecule has 0 saturated carbocycles. The number of hydrogen-bond donors (Lipinski definition) is 2. The Kier molecular flexibility index (Phi) is 5.56. The molecule has 0 fully saturated rings. The first kappa shape index (κ1) is 12.9. The highest BCUT2D eigenvalue weighted by Gasteiger charge is 2.19. The lowest BCUT2D eigenvalue weighted by Crippen LogP contribution is -2.45. The molecule has 1 heterocycles. The van der Waals surface area contributed by atoms with Gasteiger partial charge in [-0.3, -0.25) is 11.3 Å². The van der Waals surface area contributed by atoms with E-state index in [4.69, 9.17) is 22.2 Å². The van der Waals surface area contributed by atoms with Crippen LogP contribution in [0.5, 0.6) is 0 Å². The molecule has 1 aromatic heterocycles. The smallest absolute Gasteiger partial charge is 0.0931 e. The van der Waals surface area contributed by atoms with Gasteiger partial charge in [-0.15, -0.1) is 11.3 Å². The Labute approximate surface area is 99.5 Å². The maximum Gasteiger partial charge on any atom is 0.0931 e. The predicted molar refractivity (Wildman–Crippen MR) is 65.2 cm³/mol. The third-order valence-corrected chi connectivity index (χ3v) is 3.67. The fourth-order valence-electron chi connectivity index (χ4n) is 1.59. The minimum atomic E-state index is 0.134. The molecule has 86 valence electrons. The van der Waals surface area contributed by atoms with Crippen LogP contribution in [0.3, 0.4) is 0 Å². The second-order valence-electron chi connectivity index (χ2n) is 3.37. The van der Waals surface area contributed by atoms with Crippen LogP contribution in [0.25, 0.3) is 0 Å². The highest BCUT2D eigenvalue weighted by Crippen LogP contribution is 2.23. The van der Waals surface area contributed by atoms with Crippen molar-refractivity contribution in [3.8, 4) is 0 Å².